The number of methoxy groups -OCH3 is 2. The van der Waals surface area contributed by atoms with Crippen molar-refractivity contribution in [3.05, 3.63) is 57.6 Å². The Morgan fingerprint density at radius 1 is 0.950 bits per heavy atom. The summed E-state index contributed by atoms with van der Waals surface area (Å²) in [4.78, 5) is 0. The van der Waals surface area contributed by atoms with Gasteiger partial charge in [-0.25, -0.2) is 0 Å². The highest BCUT2D eigenvalue weighted by Crippen LogP contribution is 2.40. The van der Waals surface area contributed by atoms with Crippen LogP contribution in [0.25, 0.3) is 0 Å². The third-order valence-electron chi connectivity index (χ3n) is 3.12. The van der Waals surface area contributed by atoms with Gasteiger partial charge < -0.3 is 9.47 Å². The van der Waals surface area contributed by atoms with E-state index in [-0.39, 0.29) is 5.38 Å². The maximum absolute atomic E-state index is 6.66. The summed E-state index contributed by atoms with van der Waals surface area (Å²) < 4.78 is 11.8. The molecule has 0 radical (unpaired) electrons. The van der Waals surface area contributed by atoms with Gasteiger partial charge in [-0.3, -0.25) is 0 Å². The molecule has 0 aliphatic heterocycles. The molecular weight excluding hydrogens is 340 g/mol. The molecule has 0 N–H and O–H groups in total. The number of hydrogen-bond acceptors (Lipinski definition) is 2. The number of hydrogen-bond donors (Lipinski definition) is 0. The Morgan fingerprint density at radius 2 is 1.50 bits per heavy atom. The summed E-state index contributed by atoms with van der Waals surface area (Å²) in [5.74, 6) is 1.54. The summed E-state index contributed by atoms with van der Waals surface area (Å²) in [7, 11) is 3.29. The van der Waals surface area contributed by atoms with Crippen LogP contribution in [0.5, 0.6) is 11.5 Å². The van der Waals surface area contributed by atoms with Gasteiger partial charge in [0.25, 0.3) is 0 Å². The summed E-state index contributed by atoms with van der Waals surface area (Å²) in [6.45, 7) is 2.03. The van der Waals surface area contributed by atoms with Gasteiger partial charge in [0.2, 0.25) is 0 Å². The van der Waals surface area contributed by atoms with Gasteiger partial charge in [0.1, 0.15) is 11.5 Å². The van der Waals surface area contributed by atoms with Crippen molar-refractivity contribution in [1.82, 2.24) is 0 Å². The second kappa shape index (κ2) is 6.51. The van der Waals surface area contributed by atoms with Crippen molar-refractivity contribution in [2.75, 3.05) is 14.2 Å². The van der Waals surface area contributed by atoms with Crippen LogP contribution in [0.2, 0.25) is 0 Å². The first-order valence-corrected chi connectivity index (χ1v) is 7.41. The van der Waals surface area contributed by atoms with Crippen LogP contribution in [0.15, 0.2) is 40.9 Å². The lowest BCUT2D eigenvalue weighted by atomic mass is 10.0. The average molecular weight is 356 g/mol. The molecule has 2 aromatic rings. The SMILES string of the molecule is COc1ccc(C)cc1C(Cl)c1cc(Br)ccc1OC. The molecule has 4 heteroatoms. The fourth-order valence-corrected chi connectivity index (χ4v) is 2.84. The van der Waals surface area contributed by atoms with E-state index in [1.165, 1.54) is 0 Å². The Bertz CT molecular complexity index is 560. The van der Waals surface area contributed by atoms with Gasteiger partial charge in [-0.2, -0.15) is 0 Å². The first-order valence-electron chi connectivity index (χ1n) is 6.19. The third-order valence-corrected chi connectivity index (χ3v) is 4.09. The van der Waals surface area contributed by atoms with Crippen molar-refractivity contribution in [3.8, 4) is 11.5 Å². The monoisotopic (exact) mass is 354 g/mol. The summed E-state index contributed by atoms with van der Waals surface area (Å²) in [5.41, 5.74) is 2.98. The number of benzene rings is 2. The van der Waals surface area contributed by atoms with E-state index in [1.54, 1.807) is 14.2 Å². The largest absolute Gasteiger partial charge is 0.496 e. The van der Waals surface area contributed by atoms with Crippen molar-refractivity contribution in [1.29, 1.82) is 0 Å². The average Bonchev–Trinajstić information content (AvgIpc) is 2.46. The van der Waals surface area contributed by atoms with Crippen molar-refractivity contribution >= 4 is 27.5 Å². The molecule has 0 amide bonds. The van der Waals surface area contributed by atoms with Crippen LogP contribution >= 0.6 is 27.5 Å². The predicted molar refractivity (Wildman–Crippen MR) is 86.1 cm³/mol. The fraction of sp³-hybridized carbons (Fsp3) is 0.250. The lowest BCUT2D eigenvalue weighted by molar-refractivity contribution is 0.404. The molecule has 0 aromatic heterocycles. The maximum Gasteiger partial charge on any atom is 0.123 e. The zero-order valence-electron chi connectivity index (χ0n) is 11.6. The minimum Gasteiger partial charge on any atom is -0.496 e. The van der Waals surface area contributed by atoms with Gasteiger partial charge in [-0.15, -0.1) is 11.6 Å². The smallest absolute Gasteiger partial charge is 0.123 e. The zero-order chi connectivity index (χ0) is 14.7. The predicted octanol–water partition coefficient (Wildman–Crippen LogP) is 5.10. The van der Waals surface area contributed by atoms with Crippen LogP contribution in [-0.2, 0) is 0 Å². The molecule has 0 bridgehead atoms. The molecule has 2 nitrogen and oxygen atoms in total. The third kappa shape index (κ3) is 3.10. The maximum atomic E-state index is 6.66. The summed E-state index contributed by atoms with van der Waals surface area (Å²) in [6.07, 6.45) is 0. The molecule has 1 unspecified atom stereocenters. The lowest BCUT2D eigenvalue weighted by Gasteiger charge is -2.18. The molecule has 106 valence electrons. The number of ether oxygens (including phenoxy) is 2. The van der Waals surface area contributed by atoms with Crippen LogP contribution in [0, 0.1) is 6.92 Å². The number of rotatable bonds is 4. The number of aryl methyl sites for hydroxylation is 1. The zero-order valence-corrected chi connectivity index (χ0v) is 14.0. The Labute approximate surface area is 132 Å². The van der Waals surface area contributed by atoms with Crippen LogP contribution in [0.1, 0.15) is 22.1 Å². The first-order chi connectivity index (χ1) is 9.56. The molecule has 20 heavy (non-hydrogen) atoms. The van der Waals surface area contributed by atoms with E-state index in [9.17, 15) is 0 Å². The van der Waals surface area contributed by atoms with E-state index in [4.69, 9.17) is 21.1 Å². The molecule has 0 saturated carbocycles. The molecule has 0 fully saturated rings. The van der Waals surface area contributed by atoms with E-state index in [1.807, 2.05) is 43.3 Å². The second-order valence-electron chi connectivity index (χ2n) is 4.49. The highest BCUT2D eigenvalue weighted by molar-refractivity contribution is 9.10. The molecule has 1 atom stereocenters. The number of alkyl halides is 1. The Morgan fingerprint density at radius 3 is 2.10 bits per heavy atom. The van der Waals surface area contributed by atoms with E-state index in [0.29, 0.717) is 0 Å². The van der Waals surface area contributed by atoms with Gasteiger partial charge in [0.05, 0.1) is 19.6 Å². The summed E-state index contributed by atoms with van der Waals surface area (Å²) >= 11 is 10.1. The normalized spacial score (nSPS) is 12.1. The molecular formula is C16H16BrClO2. The van der Waals surface area contributed by atoms with Crippen LogP contribution in [0.3, 0.4) is 0 Å². The topological polar surface area (TPSA) is 18.5 Å². The van der Waals surface area contributed by atoms with Gasteiger partial charge in [0.15, 0.2) is 0 Å². The van der Waals surface area contributed by atoms with Gasteiger partial charge in [0, 0.05) is 15.6 Å². The van der Waals surface area contributed by atoms with E-state index in [2.05, 4.69) is 15.9 Å². The van der Waals surface area contributed by atoms with Crippen molar-refractivity contribution in [2.24, 2.45) is 0 Å². The Balaban J connectivity index is 2.53. The van der Waals surface area contributed by atoms with Crippen molar-refractivity contribution in [2.45, 2.75) is 12.3 Å². The lowest BCUT2D eigenvalue weighted by Crippen LogP contribution is -2.00. The highest BCUT2D eigenvalue weighted by atomic mass is 79.9. The minimum absolute atomic E-state index is 0.336. The Kier molecular flexibility index (Phi) is 4.95. The van der Waals surface area contributed by atoms with E-state index in [0.717, 1.165) is 32.7 Å². The van der Waals surface area contributed by atoms with E-state index < -0.39 is 0 Å². The van der Waals surface area contributed by atoms with Crippen molar-refractivity contribution < 1.29 is 9.47 Å². The van der Waals surface area contributed by atoms with Gasteiger partial charge in [-0.05, 0) is 31.2 Å². The molecule has 0 heterocycles. The number of halogens is 2. The second-order valence-corrected chi connectivity index (χ2v) is 5.85. The van der Waals surface area contributed by atoms with Crippen LogP contribution in [0.4, 0.5) is 0 Å². The van der Waals surface area contributed by atoms with Gasteiger partial charge >= 0.3 is 0 Å². The van der Waals surface area contributed by atoms with Crippen LogP contribution in [-0.4, -0.2) is 14.2 Å². The van der Waals surface area contributed by atoms with E-state index >= 15 is 0 Å². The fourth-order valence-electron chi connectivity index (χ4n) is 2.12. The molecule has 0 spiro atoms. The molecule has 0 aliphatic rings. The molecule has 2 aromatic carbocycles. The first kappa shape index (κ1) is 15.2. The summed E-state index contributed by atoms with van der Waals surface area (Å²) in [6, 6.07) is 11.8. The molecule has 0 aliphatic carbocycles. The quantitative estimate of drug-likeness (QED) is 0.710. The standard InChI is InChI=1S/C16H16BrClO2/c1-10-4-6-14(19-2)12(8-10)16(18)13-9-11(17)5-7-15(13)20-3/h4-9,16H,1-3H3. The molecule has 0 saturated heterocycles. The molecule has 2 rings (SSSR count). The minimum atomic E-state index is -0.336. The Hall–Kier alpha value is -1.19. The summed E-state index contributed by atoms with van der Waals surface area (Å²) in [5, 5.41) is -0.336. The van der Waals surface area contributed by atoms with Gasteiger partial charge in [-0.1, -0.05) is 33.6 Å². The van der Waals surface area contributed by atoms with Crippen LogP contribution < -0.4 is 9.47 Å². The van der Waals surface area contributed by atoms with Crippen molar-refractivity contribution in [3.63, 3.8) is 0 Å². The highest BCUT2D eigenvalue weighted by Gasteiger charge is 2.20.